The minimum Gasteiger partial charge on any atom is -0.355 e. The van der Waals surface area contributed by atoms with Gasteiger partial charge < -0.3 is 5.32 Å². The predicted octanol–water partition coefficient (Wildman–Crippen LogP) is 4.29. The maximum absolute atomic E-state index is 11.5. The summed E-state index contributed by atoms with van der Waals surface area (Å²) in [6.45, 7) is 1.53. The zero-order valence-corrected chi connectivity index (χ0v) is 10.2. The average Bonchev–Trinajstić information content (AvgIpc) is 2.32. The fourth-order valence-corrected chi connectivity index (χ4v) is 1.77. The highest BCUT2D eigenvalue weighted by Crippen LogP contribution is 2.24. The largest absolute Gasteiger partial charge is 0.355 e. The number of hydrogen-bond donors (Lipinski definition) is 1. The highest BCUT2D eigenvalue weighted by atomic mass is 35.5. The van der Waals surface area contributed by atoms with Crippen molar-refractivity contribution >= 4 is 28.8 Å². The van der Waals surface area contributed by atoms with Gasteiger partial charge >= 0.3 is 0 Å². The molecule has 0 heterocycles. The molecule has 3 heteroatoms. The van der Waals surface area contributed by atoms with Crippen LogP contribution in [0.15, 0.2) is 48.5 Å². The van der Waals surface area contributed by atoms with E-state index in [2.05, 4.69) is 5.32 Å². The van der Waals surface area contributed by atoms with Gasteiger partial charge in [0, 0.05) is 22.0 Å². The summed E-state index contributed by atoms with van der Waals surface area (Å²) in [6, 6.07) is 15.0. The molecule has 0 radical (unpaired) electrons. The summed E-state index contributed by atoms with van der Waals surface area (Å²) in [5, 5.41) is 3.77. The van der Waals surface area contributed by atoms with Gasteiger partial charge in [-0.1, -0.05) is 29.8 Å². The lowest BCUT2D eigenvalue weighted by Gasteiger charge is -2.10. The smallest absolute Gasteiger partial charge is 0.161 e. The topological polar surface area (TPSA) is 29.1 Å². The van der Waals surface area contributed by atoms with Crippen LogP contribution in [0.5, 0.6) is 0 Å². The van der Waals surface area contributed by atoms with Gasteiger partial charge in [-0.15, -0.1) is 0 Å². The van der Waals surface area contributed by atoms with Crippen LogP contribution >= 0.6 is 11.6 Å². The molecule has 2 aromatic carbocycles. The van der Waals surface area contributed by atoms with E-state index in [9.17, 15) is 4.79 Å². The summed E-state index contributed by atoms with van der Waals surface area (Å²) in [6.07, 6.45) is 0. The molecule has 1 N–H and O–H groups in total. The molecule has 0 saturated carbocycles. The van der Waals surface area contributed by atoms with Crippen molar-refractivity contribution in [2.75, 3.05) is 5.32 Å². The molecule has 0 aliphatic heterocycles. The van der Waals surface area contributed by atoms with Crippen LogP contribution in [0, 0.1) is 0 Å². The van der Waals surface area contributed by atoms with Crippen LogP contribution in [0.4, 0.5) is 11.4 Å². The van der Waals surface area contributed by atoms with Gasteiger partial charge in [0.15, 0.2) is 5.78 Å². The molecule has 17 heavy (non-hydrogen) atoms. The van der Waals surface area contributed by atoms with Gasteiger partial charge in [0.25, 0.3) is 0 Å². The molecule has 2 aromatic rings. The van der Waals surface area contributed by atoms with Crippen LogP contribution < -0.4 is 5.32 Å². The molecular weight excluding hydrogens is 234 g/mol. The monoisotopic (exact) mass is 245 g/mol. The minimum absolute atomic E-state index is 0.00840. The lowest BCUT2D eigenvalue weighted by atomic mass is 10.1. The Bertz CT molecular complexity index is 537. The van der Waals surface area contributed by atoms with Crippen molar-refractivity contribution in [3.8, 4) is 0 Å². The fraction of sp³-hybridized carbons (Fsp3) is 0.0714. The number of nitrogens with one attached hydrogen (secondary N) is 1. The molecule has 0 bridgehead atoms. The molecule has 0 saturated heterocycles. The Morgan fingerprint density at radius 2 is 1.82 bits per heavy atom. The lowest BCUT2D eigenvalue weighted by Crippen LogP contribution is -2.00. The first-order valence-electron chi connectivity index (χ1n) is 5.29. The zero-order valence-electron chi connectivity index (χ0n) is 9.41. The number of carbonyl (C=O) groups is 1. The maximum atomic E-state index is 11.5. The van der Waals surface area contributed by atoms with E-state index < -0.39 is 0 Å². The van der Waals surface area contributed by atoms with Crippen LogP contribution in [0.3, 0.4) is 0 Å². The van der Waals surface area contributed by atoms with Crippen molar-refractivity contribution in [1.82, 2.24) is 0 Å². The van der Waals surface area contributed by atoms with E-state index >= 15 is 0 Å². The predicted molar refractivity (Wildman–Crippen MR) is 71.2 cm³/mol. The number of anilines is 2. The van der Waals surface area contributed by atoms with Crippen LogP contribution in [-0.4, -0.2) is 5.78 Å². The molecule has 0 atom stereocenters. The van der Waals surface area contributed by atoms with Crippen molar-refractivity contribution < 1.29 is 4.79 Å². The van der Waals surface area contributed by atoms with E-state index in [1.165, 1.54) is 6.92 Å². The maximum Gasteiger partial charge on any atom is 0.161 e. The summed E-state index contributed by atoms with van der Waals surface area (Å²) in [7, 11) is 0. The Balaban J connectivity index is 2.36. The number of ketones is 1. The van der Waals surface area contributed by atoms with Crippen LogP contribution in [0.2, 0.25) is 5.02 Å². The number of Topliss-reactive ketones (excluding diaryl/α,β-unsaturated/α-hetero) is 1. The molecule has 0 aliphatic rings. The molecule has 0 unspecified atom stereocenters. The molecule has 0 fully saturated rings. The summed E-state index contributed by atoms with van der Waals surface area (Å²) >= 11 is 5.88. The Hall–Kier alpha value is -1.80. The van der Waals surface area contributed by atoms with Gasteiger partial charge in [0.1, 0.15) is 0 Å². The number of benzene rings is 2. The Morgan fingerprint density at radius 3 is 2.47 bits per heavy atom. The van der Waals surface area contributed by atoms with Crippen molar-refractivity contribution in [3.63, 3.8) is 0 Å². The van der Waals surface area contributed by atoms with E-state index in [1.807, 2.05) is 36.4 Å². The van der Waals surface area contributed by atoms with E-state index in [4.69, 9.17) is 11.6 Å². The van der Waals surface area contributed by atoms with Gasteiger partial charge in [0.05, 0.1) is 0 Å². The number of para-hydroxylation sites is 1. The van der Waals surface area contributed by atoms with Gasteiger partial charge in [-0.05, 0) is 37.3 Å². The Labute approximate surface area is 105 Å². The van der Waals surface area contributed by atoms with Crippen molar-refractivity contribution in [3.05, 3.63) is 59.1 Å². The molecule has 2 rings (SSSR count). The first kappa shape index (κ1) is 11.7. The van der Waals surface area contributed by atoms with Gasteiger partial charge in [-0.3, -0.25) is 4.79 Å². The first-order valence-corrected chi connectivity index (χ1v) is 5.67. The van der Waals surface area contributed by atoms with Gasteiger partial charge in [0.2, 0.25) is 0 Å². The van der Waals surface area contributed by atoms with E-state index in [-0.39, 0.29) is 5.78 Å². The standard InChI is InChI=1S/C14H12ClNO/c1-10(17)13-9-11(15)7-8-14(13)16-12-5-3-2-4-6-12/h2-9,16H,1H3. The SMILES string of the molecule is CC(=O)c1cc(Cl)ccc1Nc1ccccc1. The second-order valence-corrected chi connectivity index (χ2v) is 4.17. The lowest BCUT2D eigenvalue weighted by molar-refractivity contribution is 0.101. The van der Waals surface area contributed by atoms with E-state index in [0.717, 1.165) is 11.4 Å². The van der Waals surface area contributed by atoms with Crippen LogP contribution in [0.1, 0.15) is 17.3 Å². The van der Waals surface area contributed by atoms with Gasteiger partial charge in [-0.2, -0.15) is 0 Å². The second-order valence-electron chi connectivity index (χ2n) is 3.74. The van der Waals surface area contributed by atoms with Crippen LogP contribution in [-0.2, 0) is 0 Å². The van der Waals surface area contributed by atoms with Crippen LogP contribution in [0.25, 0.3) is 0 Å². The summed E-state index contributed by atoms with van der Waals surface area (Å²) < 4.78 is 0. The quantitative estimate of drug-likeness (QED) is 0.818. The summed E-state index contributed by atoms with van der Waals surface area (Å²) in [5.74, 6) is -0.00840. The normalized spacial score (nSPS) is 10.0. The highest BCUT2D eigenvalue weighted by molar-refractivity contribution is 6.31. The number of rotatable bonds is 3. The molecular formula is C14H12ClNO. The molecule has 0 aromatic heterocycles. The van der Waals surface area contributed by atoms with Crippen molar-refractivity contribution in [1.29, 1.82) is 0 Å². The summed E-state index contributed by atoms with van der Waals surface area (Å²) in [5.41, 5.74) is 2.31. The van der Waals surface area contributed by atoms with Crippen molar-refractivity contribution in [2.24, 2.45) is 0 Å². The minimum atomic E-state index is -0.00840. The average molecular weight is 246 g/mol. The molecule has 2 nitrogen and oxygen atoms in total. The van der Waals surface area contributed by atoms with Gasteiger partial charge in [-0.25, -0.2) is 0 Å². The van der Waals surface area contributed by atoms with Crippen molar-refractivity contribution in [2.45, 2.75) is 6.92 Å². The first-order chi connectivity index (χ1) is 8.16. The molecule has 86 valence electrons. The summed E-state index contributed by atoms with van der Waals surface area (Å²) in [4.78, 5) is 11.5. The number of carbonyl (C=O) groups excluding carboxylic acids is 1. The molecule has 0 amide bonds. The number of halogens is 1. The second kappa shape index (κ2) is 5.02. The third-order valence-corrected chi connectivity index (χ3v) is 2.65. The molecule has 0 aliphatic carbocycles. The Morgan fingerprint density at radius 1 is 1.12 bits per heavy atom. The zero-order chi connectivity index (χ0) is 12.3. The third-order valence-electron chi connectivity index (χ3n) is 2.41. The highest BCUT2D eigenvalue weighted by Gasteiger charge is 2.07. The Kier molecular flexibility index (Phi) is 3.45. The van der Waals surface area contributed by atoms with E-state index in [1.54, 1.807) is 12.1 Å². The molecule has 0 spiro atoms. The third kappa shape index (κ3) is 2.86. The number of hydrogen-bond acceptors (Lipinski definition) is 2. The van der Waals surface area contributed by atoms with E-state index in [0.29, 0.717) is 10.6 Å². The fourth-order valence-electron chi connectivity index (χ4n) is 1.59.